The van der Waals surface area contributed by atoms with Gasteiger partial charge in [-0.1, -0.05) is 36.4 Å². The van der Waals surface area contributed by atoms with Crippen LogP contribution in [0.25, 0.3) is 10.9 Å². The molecule has 1 aromatic heterocycles. The maximum absolute atomic E-state index is 6.29. The summed E-state index contributed by atoms with van der Waals surface area (Å²) in [7, 11) is 0. The van der Waals surface area contributed by atoms with Crippen molar-refractivity contribution in [1.29, 1.82) is 0 Å². The number of aromatic nitrogens is 1. The summed E-state index contributed by atoms with van der Waals surface area (Å²) in [5, 5.41) is 1.15. The van der Waals surface area contributed by atoms with Gasteiger partial charge in [0.15, 0.2) is 0 Å². The lowest BCUT2D eigenvalue weighted by Gasteiger charge is -2.12. The monoisotopic (exact) mass is 374 g/mol. The van der Waals surface area contributed by atoms with E-state index in [1.54, 1.807) is 0 Å². The number of fused-ring (bicyclic) bond motifs is 1. The molecule has 0 aliphatic heterocycles. The Balaban J connectivity index is 1.84. The number of halogens is 1. The topological polar surface area (TPSA) is 38.9 Å². The van der Waals surface area contributed by atoms with E-state index in [1.165, 1.54) is 9.13 Å². The second-order valence-electron chi connectivity index (χ2n) is 4.87. The number of nitrogens with zero attached hydrogens (tertiary/aromatic N) is 1. The standard InChI is InChI=1S/C17H15IN2/c18-14-8-5-12(6-9-14)11-15(19)17-10-7-13-3-1-2-4-16(13)20-17/h1-10,15H,11,19H2. The van der Waals surface area contributed by atoms with E-state index in [2.05, 4.69) is 64.0 Å². The summed E-state index contributed by atoms with van der Waals surface area (Å²) in [6.45, 7) is 0. The first kappa shape index (κ1) is 13.5. The zero-order chi connectivity index (χ0) is 13.9. The molecule has 3 aromatic rings. The first-order valence-electron chi connectivity index (χ1n) is 6.58. The normalized spacial score (nSPS) is 12.5. The first-order valence-corrected chi connectivity index (χ1v) is 7.66. The van der Waals surface area contributed by atoms with Gasteiger partial charge in [0.05, 0.1) is 17.3 Å². The molecule has 3 heteroatoms. The van der Waals surface area contributed by atoms with Crippen LogP contribution in [0.3, 0.4) is 0 Å². The number of pyridine rings is 1. The highest BCUT2D eigenvalue weighted by molar-refractivity contribution is 14.1. The molecule has 3 rings (SSSR count). The van der Waals surface area contributed by atoms with Crippen molar-refractivity contribution in [2.45, 2.75) is 12.5 Å². The number of nitrogens with two attached hydrogens (primary N) is 1. The summed E-state index contributed by atoms with van der Waals surface area (Å²) >= 11 is 2.31. The lowest BCUT2D eigenvalue weighted by molar-refractivity contribution is 0.700. The van der Waals surface area contributed by atoms with Crippen LogP contribution in [-0.4, -0.2) is 4.98 Å². The van der Waals surface area contributed by atoms with E-state index in [9.17, 15) is 0 Å². The molecule has 2 N–H and O–H groups in total. The average Bonchev–Trinajstić information content (AvgIpc) is 2.49. The Labute approximate surface area is 132 Å². The van der Waals surface area contributed by atoms with Crippen LogP contribution in [0, 0.1) is 3.57 Å². The van der Waals surface area contributed by atoms with Crippen molar-refractivity contribution in [2.24, 2.45) is 5.73 Å². The molecule has 100 valence electrons. The van der Waals surface area contributed by atoms with E-state index in [1.807, 2.05) is 24.3 Å². The summed E-state index contributed by atoms with van der Waals surface area (Å²) in [6.07, 6.45) is 0.808. The van der Waals surface area contributed by atoms with Crippen molar-refractivity contribution in [3.8, 4) is 0 Å². The second kappa shape index (κ2) is 5.89. The van der Waals surface area contributed by atoms with E-state index in [4.69, 9.17) is 5.73 Å². The summed E-state index contributed by atoms with van der Waals surface area (Å²) in [6, 6.07) is 20.6. The van der Waals surface area contributed by atoms with Gasteiger partial charge < -0.3 is 5.73 Å². The van der Waals surface area contributed by atoms with Gasteiger partial charge in [-0.2, -0.15) is 0 Å². The Hall–Kier alpha value is -1.46. The molecule has 0 aliphatic rings. The minimum atomic E-state index is -0.0698. The van der Waals surface area contributed by atoms with Gasteiger partial charge in [0, 0.05) is 8.96 Å². The van der Waals surface area contributed by atoms with E-state index in [0.29, 0.717) is 0 Å². The van der Waals surface area contributed by atoms with E-state index < -0.39 is 0 Å². The second-order valence-corrected chi connectivity index (χ2v) is 6.11. The highest BCUT2D eigenvalue weighted by Gasteiger charge is 2.09. The quantitative estimate of drug-likeness (QED) is 0.702. The van der Waals surface area contributed by atoms with Crippen LogP contribution in [0.15, 0.2) is 60.7 Å². The van der Waals surface area contributed by atoms with Gasteiger partial charge in [-0.05, 0) is 58.8 Å². The Morgan fingerprint density at radius 1 is 0.950 bits per heavy atom. The van der Waals surface area contributed by atoms with Crippen LogP contribution >= 0.6 is 22.6 Å². The molecule has 0 spiro atoms. The van der Waals surface area contributed by atoms with Crippen LogP contribution in [0.2, 0.25) is 0 Å². The Bertz CT molecular complexity index is 722. The molecule has 0 aliphatic carbocycles. The Kier molecular flexibility index (Phi) is 3.98. The predicted molar refractivity (Wildman–Crippen MR) is 91.5 cm³/mol. The van der Waals surface area contributed by atoms with Gasteiger partial charge >= 0.3 is 0 Å². The van der Waals surface area contributed by atoms with Crippen LogP contribution in [0.5, 0.6) is 0 Å². The number of benzene rings is 2. The number of hydrogen-bond acceptors (Lipinski definition) is 2. The average molecular weight is 374 g/mol. The molecule has 0 radical (unpaired) electrons. The molecule has 2 nitrogen and oxygen atoms in total. The molecular formula is C17H15IN2. The SMILES string of the molecule is NC(Cc1ccc(I)cc1)c1ccc2ccccc2n1. The fraction of sp³-hybridized carbons (Fsp3) is 0.118. The molecule has 0 amide bonds. The van der Waals surface area contributed by atoms with Crippen molar-refractivity contribution >= 4 is 33.5 Å². The highest BCUT2D eigenvalue weighted by Crippen LogP contribution is 2.19. The lowest BCUT2D eigenvalue weighted by atomic mass is 10.0. The maximum atomic E-state index is 6.29. The van der Waals surface area contributed by atoms with Gasteiger partial charge in [-0.3, -0.25) is 4.98 Å². The molecule has 1 heterocycles. The van der Waals surface area contributed by atoms with Crippen molar-refractivity contribution < 1.29 is 0 Å². The van der Waals surface area contributed by atoms with Gasteiger partial charge in [0.25, 0.3) is 0 Å². The smallest absolute Gasteiger partial charge is 0.0706 e. The van der Waals surface area contributed by atoms with Crippen molar-refractivity contribution in [3.63, 3.8) is 0 Å². The highest BCUT2D eigenvalue weighted by atomic mass is 127. The molecule has 20 heavy (non-hydrogen) atoms. The molecule has 1 unspecified atom stereocenters. The summed E-state index contributed by atoms with van der Waals surface area (Å²) in [5.41, 5.74) is 9.48. The number of para-hydroxylation sites is 1. The Morgan fingerprint density at radius 3 is 2.50 bits per heavy atom. The molecule has 0 saturated heterocycles. The predicted octanol–water partition coefficient (Wildman–Crippen LogP) is 4.08. The third kappa shape index (κ3) is 2.99. The Morgan fingerprint density at radius 2 is 1.70 bits per heavy atom. The first-order chi connectivity index (χ1) is 9.72. The molecular weight excluding hydrogens is 359 g/mol. The fourth-order valence-electron chi connectivity index (χ4n) is 2.27. The summed E-state index contributed by atoms with van der Waals surface area (Å²) < 4.78 is 1.24. The summed E-state index contributed by atoms with van der Waals surface area (Å²) in [4.78, 5) is 4.66. The van der Waals surface area contributed by atoms with Gasteiger partial charge in [-0.25, -0.2) is 0 Å². The van der Waals surface area contributed by atoms with Crippen LogP contribution < -0.4 is 5.73 Å². The molecule has 0 bridgehead atoms. The lowest BCUT2D eigenvalue weighted by Crippen LogP contribution is -2.14. The van der Waals surface area contributed by atoms with E-state index >= 15 is 0 Å². The van der Waals surface area contributed by atoms with Gasteiger partial charge in [0.1, 0.15) is 0 Å². The zero-order valence-electron chi connectivity index (χ0n) is 11.0. The van der Waals surface area contributed by atoms with Crippen LogP contribution in [-0.2, 0) is 6.42 Å². The minimum Gasteiger partial charge on any atom is -0.322 e. The largest absolute Gasteiger partial charge is 0.322 e. The molecule has 0 saturated carbocycles. The summed E-state index contributed by atoms with van der Waals surface area (Å²) in [5.74, 6) is 0. The van der Waals surface area contributed by atoms with Crippen LogP contribution in [0.1, 0.15) is 17.3 Å². The van der Waals surface area contributed by atoms with Gasteiger partial charge in [0.2, 0.25) is 0 Å². The number of hydrogen-bond donors (Lipinski definition) is 1. The third-order valence-corrected chi connectivity index (χ3v) is 4.09. The van der Waals surface area contributed by atoms with Crippen LogP contribution in [0.4, 0.5) is 0 Å². The van der Waals surface area contributed by atoms with E-state index in [0.717, 1.165) is 23.0 Å². The molecule has 1 atom stereocenters. The molecule has 0 fully saturated rings. The van der Waals surface area contributed by atoms with Crippen molar-refractivity contribution in [2.75, 3.05) is 0 Å². The van der Waals surface area contributed by atoms with Crippen molar-refractivity contribution in [1.82, 2.24) is 4.98 Å². The maximum Gasteiger partial charge on any atom is 0.0706 e. The van der Waals surface area contributed by atoms with Gasteiger partial charge in [-0.15, -0.1) is 0 Å². The third-order valence-electron chi connectivity index (χ3n) is 3.37. The fourth-order valence-corrected chi connectivity index (χ4v) is 2.63. The number of rotatable bonds is 3. The zero-order valence-corrected chi connectivity index (χ0v) is 13.1. The van der Waals surface area contributed by atoms with Crippen molar-refractivity contribution in [3.05, 3.63) is 75.5 Å². The van der Waals surface area contributed by atoms with E-state index in [-0.39, 0.29) is 6.04 Å². The molecule has 2 aromatic carbocycles. The minimum absolute atomic E-state index is 0.0698.